The lowest BCUT2D eigenvalue weighted by atomic mass is 9.48. The van der Waals surface area contributed by atoms with Crippen LogP contribution < -0.4 is 0 Å². The quantitative estimate of drug-likeness (QED) is 0.891. The van der Waals surface area contributed by atoms with E-state index >= 15 is 0 Å². The van der Waals surface area contributed by atoms with Crippen molar-refractivity contribution in [3.8, 4) is 0 Å². The first kappa shape index (κ1) is 14.7. The van der Waals surface area contributed by atoms with Crippen LogP contribution in [0.5, 0.6) is 0 Å². The van der Waals surface area contributed by atoms with E-state index in [1.807, 2.05) is 62.4 Å². The Morgan fingerprint density at radius 2 is 0.917 bits per heavy atom. The lowest BCUT2D eigenvalue weighted by Gasteiger charge is -2.53. The molecule has 120 valence electrons. The number of carboxylic acid groups (broad SMARTS) is 2. The van der Waals surface area contributed by atoms with Gasteiger partial charge < -0.3 is 10.2 Å². The van der Waals surface area contributed by atoms with Crippen LogP contribution in [-0.2, 0) is 20.4 Å². The summed E-state index contributed by atoms with van der Waals surface area (Å²) in [5, 5.41) is 19.8. The van der Waals surface area contributed by atoms with Gasteiger partial charge >= 0.3 is 11.9 Å². The highest BCUT2D eigenvalue weighted by molar-refractivity contribution is 6.07. The second-order valence-corrected chi connectivity index (χ2v) is 6.70. The van der Waals surface area contributed by atoms with Gasteiger partial charge in [-0.15, -0.1) is 0 Å². The first-order chi connectivity index (χ1) is 11.3. The van der Waals surface area contributed by atoms with Crippen LogP contribution >= 0.6 is 0 Å². The molecule has 0 saturated heterocycles. The SMILES string of the molecule is CC12C(C(=O)O)=C(C(=O)O)C(C)(c3ccccc31)c1ccccc12. The predicted molar refractivity (Wildman–Crippen MR) is 88.1 cm³/mol. The van der Waals surface area contributed by atoms with E-state index in [4.69, 9.17) is 0 Å². The van der Waals surface area contributed by atoms with Crippen LogP contribution in [0.15, 0.2) is 59.7 Å². The molecule has 5 rings (SSSR count). The number of rotatable bonds is 2. The monoisotopic (exact) mass is 320 g/mol. The lowest BCUT2D eigenvalue weighted by Crippen LogP contribution is -2.51. The van der Waals surface area contributed by atoms with Gasteiger partial charge in [-0.05, 0) is 36.1 Å². The summed E-state index contributed by atoms with van der Waals surface area (Å²) in [6.07, 6.45) is 0. The molecule has 4 heteroatoms. The molecule has 0 amide bonds. The van der Waals surface area contributed by atoms with Crippen molar-refractivity contribution in [3.05, 3.63) is 81.9 Å². The van der Waals surface area contributed by atoms with Crippen LogP contribution in [0, 0.1) is 0 Å². The van der Waals surface area contributed by atoms with Gasteiger partial charge in [0.25, 0.3) is 0 Å². The molecule has 2 bridgehead atoms. The summed E-state index contributed by atoms with van der Waals surface area (Å²) >= 11 is 0. The van der Waals surface area contributed by atoms with Crippen molar-refractivity contribution >= 4 is 11.9 Å². The molecule has 0 spiro atoms. The van der Waals surface area contributed by atoms with E-state index in [-0.39, 0.29) is 11.1 Å². The maximum Gasteiger partial charge on any atom is 0.333 e. The minimum absolute atomic E-state index is 0.0325. The van der Waals surface area contributed by atoms with Crippen molar-refractivity contribution in [2.24, 2.45) is 0 Å². The molecule has 3 aliphatic rings. The lowest BCUT2D eigenvalue weighted by molar-refractivity contribution is -0.137. The van der Waals surface area contributed by atoms with Gasteiger partial charge in [0.1, 0.15) is 0 Å². The number of hydrogen-bond acceptors (Lipinski definition) is 2. The molecule has 0 saturated carbocycles. The Labute approximate surface area is 139 Å². The van der Waals surface area contributed by atoms with Crippen molar-refractivity contribution in [1.82, 2.24) is 0 Å². The van der Waals surface area contributed by atoms with E-state index in [9.17, 15) is 19.8 Å². The van der Waals surface area contributed by atoms with Crippen molar-refractivity contribution in [3.63, 3.8) is 0 Å². The van der Waals surface area contributed by atoms with E-state index in [1.54, 1.807) is 0 Å². The zero-order chi connectivity index (χ0) is 17.3. The van der Waals surface area contributed by atoms with Crippen molar-refractivity contribution in [1.29, 1.82) is 0 Å². The summed E-state index contributed by atoms with van der Waals surface area (Å²) in [5.41, 5.74) is 1.45. The van der Waals surface area contributed by atoms with Gasteiger partial charge in [-0.3, -0.25) is 0 Å². The van der Waals surface area contributed by atoms with E-state index in [2.05, 4.69) is 0 Å². The summed E-state index contributed by atoms with van der Waals surface area (Å²) in [7, 11) is 0. The average Bonchev–Trinajstić information content (AvgIpc) is 2.56. The van der Waals surface area contributed by atoms with Crippen molar-refractivity contribution < 1.29 is 19.8 Å². The Morgan fingerprint density at radius 3 is 1.12 bits per heavy atom. The fourth-order valence-corrected chi connectivity index (χ4v) is 4.68. The molecule has 2 aromatic carbocycles. The number of carboxylic acids is 2. The molecule has 0 aromatic heterocycles. The molecule has 0 atom stereocenters. The topological polar surface area (TPSA) is 74.6 Å². The van der Waals surface area contributed by atoms with E-state index in [1.165, 1.54) is 0 Å². The van der Waals surface area contributed by atoms with Gasteiger partial charge in [0.05, 0.1) is 22.0 Å². The Morgan fingerprint density at radius 1 is 0.667 bits per heavy atom. The summed E-state index contributed by atoms with van der Waals surface area (Å²) in [6, 6.07) is 15.1. The summed E-state index contributed by atoms with van der Waals surface area (Å²) in [5.74, 6) is -2.35. The van der Waals surface area contributed by atoms with Gasteiger partial charge in [-0.1, -0.05) is 48.5 Å². The molecule has 0 radical (unpaired) electrons. The third kappa shape index (κ3) is 1.39. The van der Waals surface area contributed by atoms with Crippen LogP contribution in [0.3, 0.4) is 0 Å². The first-order valence-corrected chi connectivity index (χ1v) is 7.76. The molecular formula is C20H16O4. The molecule has 0 heterocycles. The Hall–Kier alpha value is -2.88. The van der Waals surface area contributed by atoms with Gasteiger partial charge in [-0.2, -0.15) is 0 Å². The highest BCUT2D eigenvalue weighted by atomic mass is 16.4. The van der Waals surface area contributed by atoms with E-state index in [0.717, 1.165) is 22.3 Å². The molecule has 0 unspecified atom stereocenters. The average molecular weight is 320 g/mol. The Bertz CT molecular complexity index is 828. The third-order valence-corrected chi connectivity index (χ3v) is 5.69. The molecular weight excluding hydrogens is 304 g/mol. The number of aliphatic carboxylic acids is 2. The smallest absolute Gasteiger partial charge is 0.333 e. The third-order valence-electron chi connectivity index (χ3n) is 5.69. The zero-order valence-electron chi connectivity index (χ0n) is 13.3. The second-order valence-electron chi connectivity index (χ2n) is 6.70. The maximum atomic E-state index is 12.1. The molecule has 0 aliphatic heterocycles. The van der Waals surface area contributed by atoms with Crippen LogP contribution in [0.4, 0.5) is 0 Å². The summed E-state index contributed by atoms with van der Waals surface area (Å²) in [4.78, 5) is 24.2. The second kappa shape index (κ2) is 4.35. The fourth-order valence-electron chi connectivity index (χ4n) is 4.68. The van der Waals surface area contributed by atoms with Gasteiger partial charge in [0.15, 0.2) is 0 Å². The molecule has 2 N–H and O–H groups in total. The maximum absolute atomic E-state index is 12.1. The largest absolute Gasteiger partial charge is 0.478 e. The van der Waals surface area contributed by atoms with Gasteiger partial charge in [-0.25, -0.2) is 9.59 Å². The van der Waals surface area contributed by atoms with Gasteiger partial charge in [0, 0.05) is 0 Å². The first-order valence-electron chi connectivity index (χ1n) is 7.76. The normalized spacial score (nSPS) is 26.8. The Kier molecular flexibility index (Phi) is 2.66. The van der Waals surface area contributed by atoms with E-state index in [0.29, 0.717) is 0 Å². The minimum atomic E-state index is -1.18. The van der Waals surface area contributed by atoms with Crippen LogP contribution in [0.1, 0.15) is 36.1 Å². The predicted octanol–water partition coefficient (Wildman–Crippen LogP) is 3.09. The van der Waals surface area contributed by atoms with Gasteiger partial charge in [0.2, 0.25) is 0 Å². The van der Waals surface area contributed by atoms with Crippen molar-refractivity contribution in [2.75, 3.05) is 0 Å². The van der Waals surface area contributed by atoms with E-state index < -0.39 is 22.8 Å². The highest BCUT2D eigenvalue weighted by Gasteiger charge is 2.59. The van der Waals surface area contributed by atoms with Crippen LogP contribution in [0.25, 0.3) is 0 Å². The molecule has 24 heavy (non-hydrogen) atoms. The number of benzene rings is 2. The van der Waals surface area contributed by atoms with Crippen molar-refractivity contribution in [2.45, 2.75) is 24.7 Å². The summed E-state index contributed by atoms with van der Waals surface area (Å²) in [6.45, 7) is 3.63. The molecule has 2 aromatic rings. The number of hydrogen-bond donors (Lipinski definition) is 2. The summed E-state index contributed by atoms with van der Waals surface area (Å²) < 4.78 is 0. The minimum Gasteiger partial charge on any atom is -0.478 e. The van der Waals surface area contributed by atoms with Crippen LogP contribution in [-0.4, -0.2) is 22.2 Å². The number of carbonyl (C=O) groups is 2. The Balaban J connectivity index is 2.28. The fraction of sp³-hybridized carbons (Fsp3) is 0.200. The van der Waals surface area contributed by atoms with Crippen LogP contribution in [0.2, 0.25) is 0 Å². The molecule has 0 fully saturated rings. The zero-order valence-corrected chi connectivity index (χ0v) is 13.3. The molecule has 3 aliphatic carbocycles. The highest BCUT2D eigenvalue weighted by Crippen LogP contribution is 2.61. The molecule has 4 nitrogen and oxygen atoms in total. The standard InChI is InChI=1S/C20H16O4/c1-19-11-7-3-5-9-13(11)20(2,14-10-6-4-8-12(14)19)16(18(23)24)15(19)17(21)22/h3-10H,1-2H3,(H,21,22)(H,23,24).